The SMILES string of the molecule is O=[N+]([O-])c1ccccc1N1CCN(Cc2cccc3c2NCC3)CC1. The van der Waals surface area contributed by atoms with Gasteiger partial charge in [-0.1, -0.05) is 30.3 Å². The Morgan fingerprint density at radius 1 is 1.04 bits per heavy atom. The van der Waals surface area contributed by atoms with E-state index in [1.807, 2.05) is 12.1 Å². The fourth-order valence-electron chi connectivity index (χ4n) is 3.82. The van der Waals surface area contributed by atoms with Gasteiger partial charge >= 0.3 is 0 Å². The van der Waals surface area contributed by atoms with Crippen LogP contribution in [0.1, 0.15) is 11.1 Å². The van der Waals surface area contributed by atoms with Crippen molar-refractivity contribution in [1.29, 1.82) is 0 Å². The lowest BCUT2D eigenvalue weighted by Crippen LogP contribution is -2.46. The largest absolute Gasteiger partial charge is 0.384 e. The molecule has 1 fully saturated rings. The lowest BCUT2D eigenvalue weighted by molar-refractivity contribution is -0.384. The minimum absolute atomic E-state index is 0.195. The number of hydrogen-bond donors (Lipinski definition) is 1. The zero-order valence-electron chi connectivity index (χ0n) is 14.1. The first-order valence-corrected chi connectivity index (χ1v) is 8.78. The smallest absolute Gasteiger partial charge is 0.292 e. The first kappa shape index (κ1) is 15.9. The van der Waals surface area contributed by atoms with Crippen LogP contribution in [0.15, 0.2) is 42.5 Å². The summed E-state index contributed by atoms with van der Waals surface area (Å²) in [5.41, 5.74) is 5.00. The van der Waals surface area contributed by atoms with Gasteiger partial charge in [-0.3, -0.25) is 15.0 Å². The molecule has 1 N–H and O–H groups in total. The highest BCUT2D eigenvalue weighted by Crippen LogP contribution is 2.30. The predicted molar refractivity (Wildman–Crippen MR) is 99.2 cm³/mol. The van der Waals surface area contributed by atoms with Crippen molar-refractivity contribution in [2.24, 2.45) is 0 Å². The maximum atomic E-state index is 11.2. The molecule has 2 aromatic carbocycles. The van der Waals surface area contributed by atoms with Crippen molar-refractivity contribution >= 4 is 17.1 Å². The zero-order valence-corrected chi connectivity index (χ0v) is 14.1. The van der Waals surface area contributed by atoms with Gasteiger partial charge in [-0.15, -0.1) is 0 Å². The summed E-state index contributed by atoms with van der Waals surface area (Å²) >= 11 is 0. The Morgan fingerprint density at radius 3 is 2.64 bits per heavy atom. The van der Waals surface area contributed by atoms with E-state index in [9.17, 15) is 10.1 Å². The maximum Gasteiger partial charge on any atom is 0.292 e. The minimum atomic E-state index is -0.291. The Bertz CT molecular complexity index is 785. The van der Waals surface area contributed by atoms with Gasteiger partial charge in [-0.05, 0) is 23.6 Å². The summed E-state index contributed by atoms with van der Waals surface area (Å²) in [6, 6.07) is 13.6. The number of rotatable bonds is 4. The number of para-hydroxylation sites is 3. The number of nitro benzene ring substituents is 1. The number of nitrogens with zero attached hydrogens (tertiary/aromatic N) is 3. The normalized spacial score (nSPS) is 17.2. The third-order valence-electron chi connectivity index (χ3n) is 5.12. The van der Waals surface area contributed by atoms with Gasteiger partial charge in [0.15, 0.2) is 0 Å². The number of hydrogen-bond acceptors (Lipinski definition) is 5. The van der Waals surface area contributed by atoms with Gasteiger partial charge in [0.2, 0.25) is 0 Å². The van der Waals surface area contributed by atoms with Crippen LogP contribution in [0.25, 0.3) is 0 Å². The average molecular weight is 338 g/mol. The third-order valence-corrected chi connectivity index (χ3v) is 5.12. The van der Waals surface area contributed by atoms with Crippen LogP contribution in [-0.2, 0) is 13.0 Å². The van der Waals surface area contributed by atoms with Crippen LogP contribution in [0.2, 0.25) is 0 Å². The van der Waals surface area contributed by atoms with E-state index in [2.05, 4.69) is 33.3 Å². The Morgan fingerprint density at radius 2 is 1.84 bits per heavy atom. The molecule has 6 nitrogen and oxygen atoms in total. The first-order valence-electron chi connectivity index (χ1n) is 8.78. The van der Waals surface area contributed by atoms with Gasteiger partial charge < -0.3 is 10.2 Å². The van der Waals surface area contributed by atoms with E-state index >= 15 is 0 Å². The van der Waals surface area contributed by atoms with Crippen LogP contribution in [0.5, 0.6) is 0 Å². The van der Waals surface area contributed by atoms with Crippen LogP contribution in [0.3, 0.4) is 0 Å². The average Bonchev–Trinajstić information content (AvgIpc) is 3.12. The molecular weight excluding hydrogens is 316 g/mol. The summed E-state index contributed by atoms with van der Waals surface area (Å²) in [4.78, 5) is 15.5. The molecule has 0 bridgehead atoms. The number of benzene rings is 2. The second-order valence-corrected chi connectivity index (χ2v) is 6.64. The molecule has 0 aromatic heterocycles. The molecule has 2 aromatic rings. The highest BCUT2D eigenvalue weighted by molar-refractivity contribution is 5.63. The number of nitro groups is 1. The number of piperazine rings is 1. The van der Waals surface area contributed by atoms with E-state index in [1.54, 1.807) is 12.1 Å². The van der Waals surface area contributed by atoms with Gasteiger partial charge in [-0.2, -0.15) is 0 Å². The molecule has 25 heavy (non-hydrogen) atoms. The van der Waals surface area contributed by atoms with Crippen molar-refractivity contribution in [3.8, 4) is 0 Å². The summed E-state index contributed by atoms with van der Waals surface area (Å²) in [5, 5.41) is 14.7. The molecule has 2 aliphatic rings. The molecule has 2 aliphatic heterocycles. The molecule has 2 heterocycles. The summed E-state index contributed by atoms with van der Waals surface area (Å²) < 4.78 is 0. The van der Waals surface area contributed by atoms with Gasteiger partial charge in [0.05, 0.1) is 4.92 Å². The van der Waals surface area contributed by atoms with Crippen molar-refractivity contribution in [2.45, 2.75) is 13.0 Å². The summed E-state index contributed by atoms with van der Waals surface area (Å²) in [5.74, 6) is 0. The summed E-state index contributed by atoms with van der Waals surface area (Å²) in [7, 11) is 0. The molecule has 1 saturated heterocycles. The summed E-state index contributed by atoms with van der Waals surface area (Å²) in [6.45, 7) is 5.41. The fraction of sp³-hybridized carbons (Fsp3) is 0.368. The second-order valence-electron chi connectivity index (χ2n) is 6.64. The molecule has 130 valence electrons. The topological polar surface area (TPSA) is 61.7 Å². The van der Waals surface area contributed by atoms with Crippen LogP contribution in [-0.4, -0.2) is 42.5 Å². The van der Waals surface area contributed by atoms with Crippen molar-refractivity contribution in [3.63, 3.8) is 0 Å². The summed E-state index contributed by atoms with van der Waals surface area (Å²) in [6.07, 6.45) is 1.11. The van der Waals surface area contributed by atoms with Crippen LogP contribution in [0, 0.1) is 10.1 Å². The molecule has 6 heteroatoms. The highest BCUT2D eigenvalue weighted by Gasteiger charge is 2.24. The van der Waals surface area contributed by atoms with E-state index in [0.29, 0.717) is 0 Å². The molecule has 0 spiro atoms. The molecule has 0 unspecified atom stereocenters. The van der Waals surface area contributed by atoms with E-state index in [1.165, 1.54) is 16.8 Å². The van der Waals surface area contributed by atoms with Crippen molar-refractivity contribution in [1.82, 2.24) is 4.90 Å². The minimum Gasteiger partial charge on any atom is -0.384 e. The van der Waals surface area contributed by atoms with E-state index in [-0.39, 0.29) is 10.6 Å². The molecule has 0 amide bonds. The number of fused-ring (bicyclic) bond motifs is 1. The van der Waals surface area contributed by atoms with Crippen LogP contribution >= 0.6 is 0 Å². The predicted octanol–water partition coefficient (Wildman–Crippen LogP) is 2.89. The first-order chi connectivity index (χ1) is 12.2. The van der Waals surface area contributed by atoms with Crippen LogP contribution < -0.4 is 10.2 Å². The molecular formula is C19H22N4O2. The van der Waals surface area contributed by atoms with Gasteiger partial charge in [0.25, 0.3) is 5.69 Å². The lowest BCUT2D eigenvalue weighted by atomic mass is 10.1. The van der Waals surface area contributed by atoms with Crippen molar-refractivity contribution < 1.29 is 4.92 Å². The maximum absolute atomic E-state index is 11.2. The quantitative estimate of drug-likeness (QED) is 0.686. The third kappa shape index (κ3) is 3.17. The van der Waals surface area contributed by atoms with E-state index in [4.69, 9.17) is 0 Å². The molecule has 0 atom stereocenters. The van der Waals surface area contributed by atoms with Crippen molar-refractivity contribution in [3.05, 3.63) is 63.7 Å². The van der Waals surface area contributed by atoms with Crippen LogP contribution in [0.4, 0.5) is 17.1 Å². The van der Waals surface area contributed by atoms with Crippen molar-refractivity contribution in [2.75, 3.05) is 42.9 Å². The van der Waals surface area contributed by atoms with Gasteiger partial charge in [0.1, 0.15) is 5.69 Å². The lowest BCUT2D eigenvalue weighted by Gasteiger charge is -2.36. The van der Waals surface area contributed by atoms with Gasteiger partial charge in [-0.25, -0.2) is 0 Å². The van der Waals surface area contributed by atoms with Gasteiger partial charge in [0, 0.05) is 51.0 Å². The van der Waals surface area contributed by atoms with E-state index < -0.39 is 0 Å². The Balaban J connectivity index is 1.43. The molecule has 0 radical (unpaired) electrons. The number of anilines is 2. The fourth-order valence-corrected chi connectivity index (χ4v) is 3.82. The monoisotopic (exact) mass is 338 g/mol. The standard InChI is InChI=1S/C19H22N4O2/c24-23(25)18-7-2-1-6-17(18)22-12-10-21(11-13-22)14-16-5-3-4-15-8-9-20-19(15)16/h1-7,20H,8-14H2. The Kier molecular flexibility index (Phi) is 4.28. The zero-order chi connectivity index (χ0) is 17.2. The molecule has 4 rings (SSSR count). The second kappa shape index (κ2) is 6.72. The Labute approximate surface area is 147 Å². The molecule has 0 saturated carbocycles. The molecule has 0 aliphatic carbocycles. The Hall–Kier alpha value is -2.60. The number of nitrogens with one attached hydrogen (secondary N) is 1. The highest BCUT2D eigenvalue weighted by atomic mass is 16.6. The van der Waals surface area contributed by atoms with E-state index in [0.717, 1.165) is 51.4 Å².